The number of nitrogens with zero attached hydrogens (tertiary/aromatic N) is 1. The quantitative estimate of drug-likeness (QED) is 0.748. The molecule has 0 fully saturated rings. The molecule has 5 heteroatoms. The second kappa shape index (κ2) is 4.37. The number of benzene rings is 2. The SMILES string of the molecule is O=C1C(=O)N(c2ccc(Cl)cc2)c2ccc(Cl)cc21. The van der Waals surface area contributed by atoms with E-state index in [0.29, 0.717) is 27.0 Å². The molecule has 0 N–H and O–H groups in total. The third-order valence-electron chi connectivity index (χ3n) is 2.93. The van der Waals surface area contributed by atoms with Gasteiger partial charge in [-0.15, -0.1) is 0 Å². The van der Waals surface area contributed by atoms with Crippen molar-refractivity contribution in [2.45, 2.75) is 0 Å². The first-order chi connectivity index (χ1) is 9.08. The Morgan fingerprint density at radius 3 is 2.16 bits per heavy atom. The first kappa shape index (κ1) is 12.2. The van der Waals surface area contributed by atoms with Crippen LogP contribution >= 0.6 is 23.2 Å². The molecule has 3 rings (SSSR count). The van der Waals surface area contributed by atoms with E-state index >= 15 is 0 Å². The lowest BCUT2D eigenvalue weighted by Crippen LogP contribution is -2.24. The zero-order valence-electron chi connectivity index (χ0n) is 9.56. The zero-order chi connectivity index (χ0) is 13.6. The Balaban J connectivity index is 2.16. The second-order valence-electron chi connectivity index (χ2n) is 4.11. The van der Waals surface area contributed by atoms with Crippen molar-refractivity contribution in [3.63, 3.8) is 0 Å². The molecule has 3 nitrogen and oxygen atoms in total. The fourth-order valence-electron chi connectivity index (χ4n) is 2.06. The van der Waals surface area contributed by atoms with Crippen molar-refractivity contribution >= 4 is 46.3 Å². The van der Waals surface area contributed by atoms with Gasteiger partial charge >= 0.3 is 5.91 Å². The monoisotopic (exact) mass is 291 g/mol. The van der Waals surface area contributed by atoms with Gasteiger partial charge in [-0.1, -0.05) is 23.2 Å². The van der Waals surface area contributed by atoms with Crippen LogP contribution in [0.25, 0.3) is 0 Å². The van der Waals surface area contributed by atoms with Gasteiger partial charge in [0.05, 0.1) is 11.3 Å². The molecule has 0 unspecified atom stereocenters. The van der Waals surface area contributed by atoms with Crippen LogP contribution in [0.5, 0.6) is 0 Å². The third-order valence-corrected chi connectivity index (χ3v) is 3.41. The van der Waals surface area contributed by atoms with Gasteiger partial charge in [0.1, 0.15) is 0 Å². The van der Waals surface area contributed by atoms with Crippen molar-refractivity contribution in [2.75, 3.05) is 4.90 Å². The molecule has 0 spiro atoms. The lowest BCUT2D eigenvalue weighted by atomic mass is 10.1. The Hall–Kier alpha value is -1.84. The third kappa shape index (κ3) is 1.91. The molecule has 0 radical (unpaired) electrons. The van der Waals surface area contributed by atoms with Crippen LogP contribution < -0.4 is 4.90 Å². The number of carbonyl (C=O) groups excluding carboxylic acids is 2. The molecule has 0 aliphatic carbocycles. The van der Waals surface area contributed by atoms with Crippen LogP contribution in [0.3, 0.4) is 0 Å². The van der Waals surface area contributed by atoms with Crippen LogP contribution in [-0.4, -0.2) is 11.7 Å². The highest BCUT2D eigenvalue weighted by Gasteiger charge is 2.36. The minimum Gasteiger partial charge on any atom is -0.283 e. The minimum atomic E-state index is -0.584. The average molecular weight is 292 g/mol. The predicted octanol–water partition coefficient (Wildman–Crippen LogP) is 3.85. The molecule has 0 aromatic heterocycles. The van der Waals surface area contributed by atoms with E-state index in [4.69, 9.17) is 23.2 Å². The molecule has 0 saturated heterocycles. The van der Waals surface area contributed by atoms with Crippen molar-refractivity contribution in [1.82, 2.24) is 0 Å². The van der Waals surface area contributed by atoms with Crippen LogP contribution in [0.1, 0.15) is 10.4 Å². The molecule has 1 aliphatic heterocycles. The highest BCUT2D eigenvalue weighted by molar-refractivity contribution is 6.54. The van der Waals surface area contributed by atoms with Crippen molar-refractivity contribution in [3.8, 4) is 0 Å². The standard InChI is InChI=1S/C14H7Cl2NO2/c15-8-1-4-10(5-2-8)17-12-6-3-9(16)7-11(12)13(18)14(17)19/h1-7H. The normalized spacial score (nSPS) is 13.9. The topological polar surface area (TPSA) is 37.4 Å². The van der Waals surface area contributed by atoms with Gasteiger partial charge in [0.15, 0.2) is 0 Å². The van der Waals surface area contributed by atoms with Gasteiger partial charge in [0, 0.05) is 15.7 Å². The van der Waals surface area contributed by atoms with Gasteiger partial charge in [-0.2, -0.15) is 0 Å². The minimum absolute atomic E-state index is 0.326. The Labute approximate surface area is 119 Å². The van der Waals surface area contributed by atoms with E-state index in [9.17, 15) is 9.59 Å². The highest BCUT2D eigenvalue weighted by atomic mass is 35.5. The molecule has 19 heavy (non-hydrogen) atoms. The Kier molecular flexibility index (Phi) is 2.81. The molecule has 2 aromatic carbocycles. The number of fused-ring (bicyclic) bond motifs is 1. The Bertz CT molecular complexity index is 695. The van der Waals surface area contributed by atoms with E-state index in [-0.39, 0.29) is 0 Å². The lowest BCUT2D eigenvalue weighted by Gasteiger charge is -2.16. The van der Waals surface area contributed by atoms with E-state index in [0.717, 1.165) is 0 Å². The Morgan fingerprint density at radius 2 is 1.47 bits per heavy atom. The van der Waals surface area contributed by atoms with E-state index in [1.54, 1.807) is 36.4 Å². The van der Waals surface area contributed by atoms with Crippen molar-refractivity contribution < 1.29 is 9.59 Å². The number of carbonyl (C=O) groups is 2. The molecule has 2 aromatic rings. The number of amides is 1. The molecular weight excluding hydrogens is 285 g/mol. The van der Waals surface area contributed by atoms with E-state index in [1.165, 1.54) is 11.0 Å². The smallest absolute Gasteiger partial charge is 0.283 e. The van der Waals surface area contributed by atoms with Gasteiger partial charge in [-0.25, -0.2) is 0 Å². The lowest BCUT2D eigenvalue weighted by molar-refractivity contribution is -0.113. The summed E-state index contributed by atoms with van der Waals surface area (Å²) in [5.41, 5.74) is 1.47. The van der Waals surface area contributed by atoms with E-state index in [2.05, 4.69) is 0 Å². The van der Waals surface area contributed by atoms with Crippen LogP contribution in [0.4, 0.5) is 11.4 Å². The summed E-state index contributed by atoms with van der Waals surface area (Å²) in [5.74, 6) is -1.13. The number of hydrogen-bond donors (Lipinski definition) is 0. The van der Waals surface area contributed by atoms with Gasteiger partial charge in [-0.05, 0) is 42.5 Å². The fourth-order valence-corrected chi connectivity index (χ4v) is 2.36. The molecule has 0 saturated carbocycles. The molecule has 0 atom stereocenters. The first-order valence-corrected chi connectivity index (χ1v) is 6.27. The van der Waals surface area contributed by atoms with Gasteiger partial charge < -0.3 is 0 Å². The maximum absolute atomic E-state index is 12.1. The number of halogens is 2. The summed E-state index contributed by atoms with van der Waals surface area (Å²) in [6.45, 7) is 0. The Morgan fingerprint density at radius 1 is 0.842 bits per heavy atom. The van der Waals surface area contributed by atoms with Crippen molar-refractivity contribution in [2.24, 2.45) is 0 Å². The predicted molar refractivity (Wildman–Crippen MR) is 74.4 cm³/mol. The summed E-state index contributed by atoms with van der Waals surface area (Å²) in [5, 5.41) is 0.996. The molecule has 1 amide bonds. The zero-order valence-corrected chi connectivity index (χ0v) is 11.1. The van der Waals surface area contributed by atoms with Crippen LogP contribution in [-0.2, 0) is 4.79 Å². The van der Waals surface area contributed by atoms with Crippen LogP contribution in [0.2, 0.25) is 10.0 Å². The maximum atomic E-state index is 12.1. The number of ketones is 1. The summed E-state index contributed by atoms with van der Waals surface area (Å²) in [6, 6.07) is 11.5. The molecular formula is C14H7Cl2NO2. The summed E-state index contributed by atoms with van der Waals surface area (Å²) in [7, 11) is 0. The summed E-state index contributed by atoms with van der Waals surface area (Å²) in [4.78, 5) is 25.3. The van der Waals surface area contributed by atoms with Gasteiger partial charge in [0.2, 0.25) is 0 Å². The number of Topliss-reactive ketones (excluding diaryl/α,β-unsaturated/α-hetero) is 1. The first-order valence-electron chi connectivity index (χ1n) is 5.52. The number of rotatable bonds is 1. The average Bonchev–Trinajstić information content (AvgIpc) is 2.64. The van der Waals surface area contributed by atoms with E-state index in [1.807, 2.05) is 0 Å². The number of anilines is 2. The summed E-state index contributed by atoms with van der Waals surface area (Å²) in [6.07, 6.45) is 0. The summed E-state index contributed by atoms with van der Waals surface area (Å²) < 4.78 is 0. The number of hydrogen-bond acceptors (Lipinski definition) is 2. The van der Waals surface area contributed by atoms with Crippen molar-refractivity contribution in [3.05, 3.63) is 58.1 Å². The van der Waals surface area contributed by atoms with Crippen LogP contribution in [0, 0.1) is 0 Å². The maximum Gasteiger partial charge on any atom is 0.304 e. The summed E-state index contributed by atoms with van der Waals surface area (Å²) >= 11 is 11.7. The van der Waals surface area contributed by atoms with Crippen LogP contribution in [0.15, 0.2) is 42.5 Å². The molecule has 0 bridgehead atoms. The van der Waals surface area contributed by atoms with Gasteiger partial charge in [0.25, 0.3) is 5.78 Å². The molecule has 94 valence electrons. The second-order valence-corrected chi connectivity index (χ2v) is 4.98. The molecule has 1 heterocycles. The van der Waals surface area contributed by atoms with Crippen molar-refractivity contribution in [1.29, 1.82) is 0 Å². The van der Waals surface area contributed by atoms with E-state index < -0.39 is 11.7 Å². The van der Waals surface area contributed by atoms with Gasteiger partial charge in [-0.3, -0.25) is 14.5 Å². The largest absolute Gasteiger partial charge is 0.304 e. The fraction of sp³-hybridized carbons (Fsp3) is 0. The highest BCUT2D eigenvalue weighted by Crippen LogP contribution is 2.36. The molecule has 1 aliphatic rings.